The number of nitrogens with one attached hydrogen (secondary N) is 1. The summed E-state index contributed by atoms with van der Waals surface area (Å²) >= 11 is 0. The first-order chi connectivity index (χ1) is 7.29. The van der Waals surface area contributed by atoms with Gasteiger partial charge in [0.05, 0.1) is 0 Å². The van der Waals surface area contributed by atoms with E-state index in [4.69, 9.17) is 0 Å². The highest BCUT2D eigenvalue weighted by Gasteiger charge is 2.25. The van der Waals surface area contributed by atoms with E-state index in [-0.39, 0.29) is 0 Å². The van der Waals surface area contributed by atoms with Gasteiger partial charge < -0.3 is 5.32 Å². The van der Waals surface area contributed by atoms with E-state index < -0.39 is 0 Å². The van der Waals surface area contributed by atoms with E-state index in [9.17, 15) is 0 Å². The maximum Gasteiger partial charge on any atom is 0.0322 e. The summed E-state index contributed by atoms with van der Waals surface area (Å²) in [7, 11) is 0. The van der Waals surface area contributed by atoms with Crippen LogP contribution in [0.15, 0.2) is 24.3 Å². The average molecular weight is 203 g/mol. The van der Waals surface area contributed by atoms with E-state index in [1.165, 1.54) is 30.4 Å². The molecule has 1 aromatic carbocycles. The first kappa shape index (κ1) is 10.7. The summed E-state index contributed by atoms with van der Waals surface area (Å²) in [5.74, 6) is 0.982. The van der Waals surface area contributed by atoms with Crippen molar-refractivity contribution >= 4 is 0 Å². The molecule has 0 saturated heterocycles. The highest BCUT2D eigenvalue weighted by molar-refractivity contribution is 5.24. The molecule has 1 fully saturated rings. The van der Waals surface area contributed by atoms with Crippen molar-refractivity contribution in [3.8, 4) is 0 Å². The first-order valence-corrected chi connectivity index (χ1v) is 6.09. The van der Waals surface area contributed by atoms with Gasteiger partial charge in [-0.15, -0.1) is 0 Å². The Balaban J connectivity index is 2.04. The summed E-state index contributed by atoms with van der Waals surface area (Å²) < 4.78 is 0. The van der Waals surface area contributed by atoms with Gasteiger partial charge in [0.15, 0.2) is 0 Å². The molecule has 82 valence electrons. The summed E-state index contributed by atoms with van der Waals surface area (Å²) in [4.78, 5) is 0. The number of rotatable bonds is 5. The molecule has 0 heterocycles. The molecule has 1 atom stereocenters. The minimum Gasteiger partial charge on any atom is -0.310 e. The van der Waals surface area contributed by atoms with Gasteiger partial charge in [-0.05, 0) is 31.4 Å². The topological polar surface area (TPSA) is 12.0 Å². The molecule has 1 aromatic rings. The SMILES string of the molecule is CCNC(CC1CC1)c1ccc(C)cc1. The van der Waals surface area contributed by atoms with Gasteiger partial charge in [-0.25, -0.2) is 0 Å². The summed E-state index contributed by atoms with van der Waals surface area (Å²) in [6.07, 6.45) is 4.19. The molecule has 1 saturated carbocycles. The van der Waals surface area contributed by atoms with E-state index in [0.717, 1.165) is 12.5 Å². The smallest absolute Gasteiger partial charge is 0.0322 e. The second kappa shape index (κ2) is 4.80. The van der Waals surface area contributed by atoms with Gasteiger partial charge in [-0.3, -0.25) is 0 Å². The predicted octanol–water partition coefficient (Wildman–Crippen LogP) is 3.45. The summed E-state index contributed by atoms with van der Waals surface area (Å²) in [5.41, 5.74) is 2.80. The number of benzene rings is 1. The molecule has 1 nitrogen and oxygen atoms in total. The van der Waals surface area contributed by atoms with Gasteiger partial charge in [-0.1, -0.05) is 49.6 Å². The quantitative estimate of drug-likeness (QED) is 0.773. The predicted molar refractivity (Wildman–Crippen MR) is 64.9 cm³/mol. The van der Waals surface area contributed by atoms with Crippen LogP contribution in [0.2, 0.25) is 0 Å². The zero-order valence-corrected chi connectivity index (χ0v) is 9.79. The van der Waals surface area contributed by atoms with Crippen LogP contribution in [0, 0.1) is 12.8 Å². The Kier molecular flexibility index (Phi) is 3.42. The molecule has 0 bridgehead atoms. The molecule has 1 aliphatic carbocycles. The monoisotopic (exact) mass is 203 g/mol. The summed E-state index contributed by atoms with van der Waals surface area (Å²) in [5, 5.41) is 3.59. The largest absolute Gasteiger partial charge is 0.310 e. The minimum atomic E-state index is 0.572. The van der Waals surface area contributed by atoms with Crippen molar-refractivity contribution in [2.75, 3.05) is 6.54 Å². The number of aryl methyl sites for hydroxylation is 1. The van der Waals surface area contributed by atoms with Crippen molar-refractivity contribution in [2.45, 2.75) is 39.2 Å². The lowest BCUT2D eigenvalue weighted by Gasteiger charge is -2.18. The first-order valence-electron chi connectivity index (χ1n) is 6.09. The van der Waals surface area contributed by atoms with Gasteiger partial charge in [0, 0.05) is 6.04 Å². The van der Waals surface area contributed by atoms with Gasteiger partial charge in [0.1, 0.15) is 0 Å². The van der Waals surface area contributed by atoms with Gasteiger partial charge in [-0.2, -0.15) is 0 Å². The lowest BCUT2D eigenvalue weighted by Crippen LogP contribution is -2.21. The van der Waals surface area contributed by atoms with Crippen LogP contribution in [0.5, 0.6) is 0 Å². The van der Waals surface area contributed by atoms with Crippen LogP contribution in [-0.4, -0.2) is 6.54 Å². The Labute approximate surface area is 92.9 Å². The molecule has 2 rings (SSSR count). The molecular formula is C14H21N. The maximum atomic E-state index is 3.59. The fourth-order valence-corrected chi connectivity index (χ4v) is 2.07. The van der Waals surface area contributed by atoms with Crippen molar-refractivity contribution in [1.29, 1.82) is 0 Å². The van der Waals surface area contributed by atoms with Crippen molar-refractivity contribution < 1.29 is 0 Å². The van der Waals surface area contributed by atoms with Crippen LogP contribution in [-0.2, 0) is 0 Å². The van der Waals surface area contributed by atoms with Crippen LogP contribution < -0.4 is 5.32 Å². The van der Waals surface area contributed by atoms with Crippen molar-refractivity contribution in [3.63, 3.8) is 0 Å². The molecule has 0 amide bonds. The third-order valence-corrected chi connectivity index (χ3v) is 3.20. The van der Waals surface area contributed by atoms with E-state index in [1.807, 2.05) is 0 Å². The third kappa shape index (κ3) is 3.07. The molecule has 0 spiro atoms. The summed E-state index contributed by atoms with van der Waals surface area (Å²) in [6.45, 7) is 5.40. The van der Waals surface area contributed by atoms with Crippen molar-refractivity contribution in [1.82, 2.24) is 5.32 Å². The normalized spacial score (nSPS) is 17.7. The highest BCUT2D eigenvalue weighted by atomic mass is 14.9. The Morgan fingerprint density at radius 3 is 2.47 bits per heavy atom. The van der Waals surface area contributed by atoms with E-state index in [2.05, 4.69) is 43.4 Å². The van der Waals surface area contributed by atoms with Crippen LogP contribution in [0.4, 0.5) is 0 Å². The van der Waals surface area contributed by atoms with Crippen LogP contribution >= 0.6 is 0 Å². The zero-order valence-electron chi connectivity index (χ0n) is 9.79. The fourth-order valence-electron chi connectivity index (χ4n) is 2.07. The molecule has 1 unspecified atom stereocenters. The van der Waals surface area contributed by atoms with Crippen LogP contribution in [0.3, 0.4) is 0 Å². The minimum absolute atomic E-state index is 0.572. The second-order valence-electron chi connectivity index (χ2n) is 4.70. The molecule has 0 aliphatic heterocycles. The lowest BCUT2D eigenvalue weighted by molar-refractivity contribution is 0.487. The highest BCUT2D eigenvalue weighted by Crippen LogP contribution is 2.37. The molecule has 1 N–H and O–H groups in total. The van der Waals surface area contributed by atoms with Gasteiger partial charge in [0.25, 0.3) is 0 Å². The Morgan fingerprint density at radius 2 is 1.93 bits per heavy atom. The molecular weight excluding hydrogens is 182 g/mol. The van der Waals surface area contributed by atoms with Crippen molar-refractivity contribution in [3.05, 3.63) is 35.4 Å². The second-order valence-corrected chi connectivity index (χ2v) is 4.70. The number of hydrogen-bond acceptors (Lipinski definition) is 1. The van der Waals surface area contributed by atoms with Crippen molar-refractivity contribution in [2.24, 2.45) is 5.92 Å². The molecule has 0 radical (unpaired) electrons. The van der Waals surface area contributed by atoms with E-state index >= 15 is 0 Å². The Morgan fingerprint density at radius 1 is 1.27 bits per heavy atom. The Bertz CT molecular complexity index is 298. The lowest BCUT2D eigenvalue weighted by atomic mass is 10.00. The standard InChI is InChI=1S/C14H21N/c1-3-15-14(10-12-6-7-12)13-8-4-11(2)5-9-13/h4-5,8-9,12,14-15H,3,6-7,10H2,1-2H3. The zero-order chi connectivity index (χ0) is 10.7. The number of hydrogen-bond donors (Lipinski definition) is 1. The van der Waals surface area contributed by atoms with Crippen LogP contribution in [0.25, 0.3) is 0 Å². The summed E-state index contributed by atoms with van der Waals surface area (Å²) in [6, 6.07) is 9.54. The van der Waals surface area contributed by atoms with Gasteiger partial charge in [0.2, 0.25) is 0 Å². The van der Waals surface area contributed by atoms with E-state index in [0.29, 0.717) is 6.04 Å². The van der Waals surface area contributed by atoms with Crippen LogP contribution in [0.1, 0.15) is 43.4 Å². The molecule has 15 heavy (non-hydrogen) atoms. The maximum absolute atomic E-state index is 3.59. The fraction of sp³-hybridized carbons (Fsp3) is 0.571. The third-order valence-electron chi connectivity index (χ3n) is 3.20. The Hall–Kier alpha value is -0.820. The molecule has 1 aliphatic rings. The average Bonchev–Trinajstić information content (AvgIpc) is 3.02. The van der Waals surface area contributed by atoms with E-state index in [1.54, 1.807) is 0 Å². The molecule has 0 aromatic heterocycles. The van der Waals surface area contributed by atoms with Gasteiger partial charge >= 0.3 is 0 Å². The molecule has 1 heteroatoms.